The van der Waals surface area contributed by atoms with Crippen LogP contribution in [0.5, 0.6) is 0 Å². The fourth-order valence-electron chi connectivity index (χ4n) is 2.91. The Morgan fingerprint density at radius 2 is 1.89 bits per heavy atom. The first-order valence-electron chi connectivity index (χ1n) is 6.59. The Labute approximate surface area is 111 Å². The number of fused-ring (bicyclic) bond motifs is 2. The quantitative estimate of drug-likeness (QED) is 0.775. The van der Waals surface area contributed by atoms with E-state index in [9.17, 15) is 4.79 Å². The Kier molecular flexibility index (Phi) is 2.18. The van der Waals surface area contributed by atoms with Gasteiger partial charge in [-0.15, -0.1) is 0 Å². The summed E-state index contributed by atoms with van der Waals surface area (Å²) in [6.07, 6.45) is 8.33. The van der Waals surface area contributed by atoms with Crippen molar-refractivity contribution in [3.05, 3.63) is 58.9 Å². The average Bonchev–Trinajstić information content (AvgIpc) is 3.01. The van der Waals surface area contributed by atoms with Crippen LogP contribution in [0.1, 0.15) is 22.4 Å². The minimum Gasteiger partial charge on any atom is -0.299 e. The number of rotatable bonds is 1. The van der Waals surface area contributed by atoms with Gasteiger partial charge in [-0.2, -0.15) is 0 Å². The molecule has 0 fully saturated rings. The zero-order valence-electron chi connectivity index (χ0n) is 10.5. The molecule has 0 atom stereocenters. The summed E-state index contributed by atoms with van der Waals surface area (Å²) < 4.78 is 0. The molecule has 0 radical (unpaired) electrons. The summed E-state index contributed by atoms with van der Waals surface area (Å²) in [6.45, 7) is 0. The van der Waals surface area contributed by atoms with Gasteiger partial charge in [-0.1, -0.05) is 30.4 Å². The molecule has 2 aromatic rings. The zero-order chi connectivity index (χ0) is 12.8. The Hall–Kier alpha value is -2.22. The number of nitrogens with zero attached hydrogens (tertiary/aromatic N) is 1. The van der Waals surface area contributed by atoms with Crippen LogP contribution in [-0.2, 0) is 24.1 Å². The lowest BCUT2D eigenvalue weighted by Gasteiger charge is -2.06. The van der Waals surface area contributed by atoms with Gasteiger partial charge in [0.25, 0.3) is 0 Å². The number of Topliss-reactive ketones (excluding diaryl/α,β-unsaturated/α-hetero) is 1. The van der Waals surface area contributed by atoms with Crippen molar-refractivity contribution in [3.63, 3.8) is 0 Å². The van der Waals surface area contributed by atoms with Crippen molar-refractivity contribution in [3.8, 4) is 11.1 Å². The van der Waals surface area contributed by atoms with Gasteiger partial charge in [-0.3, -0.25) is 9.78 Å². The molecule has 2 aliphatic carbocycles. The molecule has 4 rings (SSSR count). The first-order chi connectivity index (χ1) is 9.29. The number of ketones is 1. The van der Waals surface area contributed by atoms with Crippen molar-refractivity contribution < 1.29 is 4.79 Å². The van der Waals surface area contributed by atoms with Gasteiger partial charge in [0.1, 0.15) is 5.78 Å². The topological polar surface area (TPSA) is 30.0 Å². The van der Waals surface area contributed by atoms with E-state index < -0.39 is 0 Å². The second-order valence-electron chi connectivity index (χ2n) is 5.24. The highest BCUT2D eigenvalue weighted by Crippen LogP contribution is 2.29. The third-order valence-corrected chi connectivity index (χ3v) is 3.93. The van der Waals surface area contributed by atoms with E-state index in [0.717, 1.165) is 23.2 Å². The summed E-state index contributed by atoms with van der Waals surface area (Å²) in [5.74, 6) is 0.321. The van der Waals surface area contributed by atoms with E-state index in [1.54, 1.807) is 0 Å². The molecule has 1 aromatic carbocycles. The third kappa shape index (κ3) is 1.72. The van der Waals surface area contributed by atoms with Crippen molar-refractivity contribution in [2.45, 2.75) is 19.3 Å². The highest BCUT2D eigenvalue weighted by Gasteiger charge is 2.18. The highest BCUT2D eigenvalue weighted by molar-refractivity contribution is 5.88. The van der Waals surface area contributed by atoms with E-state index >= 15 is 0 Å². The molecule has 2 nitrogen and oxygen atoms in total. The maximum absolute atomic E-state index is 11.5. The Bertz CT molecular complexity index is 728. The lowest BCUT2D eigenvalue weighted by atomic mass is 10.0. The molecule has 0 N–H and O–H groups in total. The predicted molar refractivity (Wildman–Crippen MR) is 74.8 cm³/mol. The van der Waals surface area contributed by atoms with Crippen LogP contribution in [-0.4, -0.2) is 10.8 Å². The van der Waals surface area contributed by atoms with Crippen molar-refractivity contribution in [2.75, 3.05) is 0 Å². The van der Waals surface area contributed by atoms with Gasteiger partial charge in [0, 0.05) is 31.0 Å². The molecule has 0 aliphatic heterocycles. The van der Waals surface area contributed by atoms with E-state index in [1.807, 2.05) is 6.20 Å². The summed E-state index contributed by atoms with van der Waals surface area (Å²) in [7, 11) is 0. The second-order valence-corrected chi connectivity index (χ2v) is 5.24. The average molecular weight is 247 g/mol. The normalized spacial score (nSPS) is 15.7. The molecule has 0 saturated carbocycles. The largest absolute Gasteiger partial charge is 0.299 e. The van der Waals surface area contributed by atoms with Gasteiger partial charge in [0.2, 0.25) is 0 Å². The minimum absolute atomic E-state index is 0.321. The fourth-order valence-corrected chi connectivity index (χ4v) is 2.91. The molecule has 19 heavy (non-hydrogen) atoms. The molecule has 1 aromatic heterocycles. The number of aromatic nitrogens is 1. The first kappa shape index (κ1) is 10.7. The van der Waals surface area contributed by atoms with Crippen LogP contribution in [0.25, 0.3) is 17.2 Å². The molecule has 92 valence electrons. The van der Waals surface area contributed by atoms with Crippen molar-refractivity contribution >= 4 is 11.9 Å². The molecular weight excluding hydrogens is 234 g/mol. The summed E-state index contributed by atoms with van der Waals surface area (Å²) in [4.78, 5) is 16.0. The summed E-state index contributed by atoms with van der Waals surface area (Å²) >= 11 is 0. The number of hydrogen-bond donors (Lipinski definition) is 0. The minimum atomic E-state index is 0.321. The SMILES string of the molecule is O=C1Cc2ccc(-c3cnc4c(c3)C=CC4)cc2C1. The Morgan fingerprint density at radius 1 is 1.00 bits per heavy atom. The first-order valence-corrected chi connectivity index (χ1v) is 6.59. The van der Waals surface area contributed by atoms with Gasteiger partial charge in [-0.25, -0.2) is 0 Å². The van der Waals surface area contributed by atoms with Crippen LogP contribution in [0, 0.1) is 0 Å². The molecule has 1 heterocycles. The number of benzene rings is 1. The molecule has 0 unspecified atom stereocenters. The van der Waals surface area contributed by atoms with E-state index in [0.29, 0.717) is 18.6 Å². The van der Waals surface area contributed by atoms with E-state index in [-0.39, 0.29) is 0 Å². The maximum atomic E-state index is 11.5. The molecule has 0 spiro atoms. The van der Waals surface area contributed by atoms with Crippen LogP contribution in [0.3, 0.4) is 0 Å². The molecule has 2 aliphatic rings. The summed E-state index contributed by atoms with van der Waals surface area (Å²) in [5, 5.41) is 0. The lowest BCUT2D eigenvalue weighted by molar-refractivity contribution is -0.117. The van der Waals surface area contributed by atoms with E-state index in [4.69, 9.17) is 0 Å². The molecular formula is C17H13NO. The van der Waals surface area contributed by atoms with Gasteiger partial charge in [0.05, 0.1) is 5.69 Å². The fraction of sp³-hybridized carbons (Fsp3) is 0.176. The molecule has 0 amide bonds. The zero-order valence-corrected chi connectivity index (χ0v) is 10.5. The van der Waals surface area contributed by atoms with Crippen LogP contribution in [0.4, 0.5) is 0 Å². The molecule has 0 saturated heterocycles. The predicted octanol–water partition coefficient (Wildman–Crippen LogP) is 2.99. The van der Waals surface area contributed by atoms with Crippen molar-refractivity contribution in [1.82, 2.24) is 4.98 Å². The number of allylic oxidation sites excluding steroid dienone is 1. The second kappa shape index (κ2) is 3.89. The molecule has 0 bridgehead atoms. The monoisotopic (exact) mass is 247 g/mol. The van der Waals surface area contributed by atoms with Crippen LogP contribution < -0.4 is 0 Å². The summed E-state index contributed by atoms with van der Waals surface area (Å²) in [6, 6.07) is 8.50. The number of hydrogen-bond acceptors (Lipinski definition) is 2. The van der Waals surface area contributed by atoms with Gasteiger partial charge < -0.3 is 0 Å². The number of carbonyl (C=O) groups excluding carboxylic acids is 1. The van der Waals surface area contributed by atoms with E-state index in [1.165, 1.54) is 16.7 Å². The number of pyridine rings is 1. The van der Waals surface area contributed by atoms with Crippen molar-refractivity contribution in [1.29, 1.82) is 0 Å². The standard InChI is InChI=1S/C17H13NO/c19-16-8-12-5-4-11(6-14(12)9-16)15-7-13-2-1-3-17(13)18-10-15/h1-2,4-7,10H,3,8-9H2. The Balaban J connectivity index is 1.79. The van der Waals surface area contributed by atoms with Crippen LogP contribution in [0.15, 0.2) is 36.5 Å². The van der Waals surface area contributed by atoms with Crippen LogP contribution in [0.2, 0.25) is 0 Å². The molecule has 2 heteroatoms. The van der Waals surface area contributed by atoms with Crippen molar-refractivity contribution in [2.24, 2.45) is 0 Å². The smallest absolute Gasteiger partial charge is 0.141 e. The van der Waals surface area contributed by atoms with Gasteiger partial charge in [0.15, 0.2) is 0 Å². The third-order valence-electron chi connectivity index (χ3n) is 3.93. The van der Waals surface area contributed by atoms with Gasteiger partial charge >= 0.3 is 0 Å². The van der Waals surface area contributed by atoms with Crippen LogP contribution >= 0.6 is 0 Å². The number of carbonyl (C=O) groups is 1. The highest BCUT2D eigenvalue weighted by atomic mass is 16.1. The van der Waals surface area contributed by atoms with E-state index in [2.05, 4.69) is 41.4 Å². The Morgan fingerprint density at radius 3 is 2.84 bits per heavy atom. The maximum Gasteiger partial charge on any atom is 0.141 e. The van der Waals surface area contributed by atoms with Gasteiger partial charge in [-0.05, 0) is 28.3 Å². The summed E-state index contributed by atoms with van der Waals surface area (Å²) in [5.41, 5.74) is 7.02. The lowest BCUT2D eigenvalue weighted by Crippen LogP contribution is -1.92.